The van der Waals surface area contributed by atoms with Gasteiger partial charge in [-0.3, -0.25) is 0 Å². The third-order valence-electron chi connectivity index (χ3n) is 0.948. The SMILES string of the molecule is CS(=O)(=O)CCNCC(F)F. The maximum Gasteiger partial charge on any atom is 0.250 e. The lowest BCUT2D eigenvalue weighted by molar-refractivity contribution is 0.147. The number of alkyl halides is 2. The van der Waals surface area contributed by atoms with Crippen LogP contribution in [0.2, 0.25) is 0 Å². The highest BCUT2D eigenvalue weighted by Crippen LogP contribution is 1.87. The first-order valence-electron chi connectivity index (χ1n) is 3.08. The van der Waals surface area contributed by atoms with Crippen LogP contribution in [0.3, 0.4) is 0 Å². The lowest BCUT2D eigenvalue weighted by Gasteiger charge is -2.01. The molecule has 0 aromatic carbocycles. The molecule has 0 atom stereocenters. The van der Waals surface area contributed by atoms with E-state index in [2.05, 4.69) is 5.32 Å². The second kappa shape index (κ2) is 4.61. The Morgan fingerprint density at radius 1 is 1.45 bits per heavy atom. The molecule has 0 aliphatic rings. The van der Waals surface area contributed by atoms with Crippen molar-refractivity contribution in [3.05, 3.63) is 0 Å². The highest BCUT2D eigenvalue weighted by atomic mass is 32.2. The Balaban J connectivity index is 3.30. The molecule has 0 rings (SSSR count). The molecule has 68 valence electrons. The van der Waals surface area contributed by atoms with Crippen LogP contribution in [0.15, 0.2) is 0 Å². The van der Waals surface area contributed by atoms with E-state index in [1.54, 1.807) is 0 Å². The molecule has 0 unspecified atom stereocenters. The van der Waals surface area contributed by atoms with Crippen molar-refractivity contribution < 1.29 is 17.2 Å². The standard InChI is InChI=1S/C5H11F2NO2S/c1-11(9,10)3-2-8-4-5(6)7/h5,8H,2-4H2,1H3. The highest BCUT2D eigenvalue weighted by molar-refractivity contribution is 7.90. The normalized spacial score (nSPS) is 12.4. The summed E-state index contributed by atoms with van der Waals surface area (Å²) in [6, 6.07) is 0. The van der Waals surface area contributed by atoms with Crippen molar-refractivity contribution in [1.29, 1.82) is 0 Å². The quantitative estimate of drug-likeness (QED) is 0.611. The van der Waals surface area contributed by atoms with Gasteiger partial charge in [0.05, 0.1) is 12.3 Å². The van der Waals surface area contributed by atoms with Gasteiger partial charge in [-0.1, -0.05) is 0 Å². The van der Waals surface area contributed by atoms with Crippen LogP contribution in [0.25, 0.3) is 0 Å². The van der Waals surface area contributed by atoms with E-state index < -0.39 is 22.8 Å². The van der Waals surface area contributed by atoms with Crippen molar-refractivity contribution >= 4 is 9.84 Å². The minimum absolute atomic E-state index is 0.0865. The van der Waals surface area contributed by atoms with Gasteiger partial charge in [0.25, 0.3) is 6.43 Å². The molecule has 1 N–H and O–H groups in total. The number of rotatable bonds is 5. The molecule has 0 bridgehead atoms. The molecule has 0 saturated heterocycles. The van der Waals surface area contributed by atoms with Crippen molar-refractivity contribution in [1.82, 2.24) is 5.32 Å². The van der Waals surface area contributed by atoms with Gasteiger partial charge in [0, 0.05) is 12.8 Å². The zero-order valence-electron chi connectivity index (χ0n) is 6.18. The zero-order valence-corrected chi connectivity index (χ0v) is 7.00. The molecule has 3 nitrogen and oxygen atoms in total. The van der Waals surface area contributed by atoms with E-state index in [-0.39, 0.29) is 12.3 Å². The summed E-state index contributed by atoms with van der Waals surface area (Å²) in [6.07, 6.45) is -1.36. The highest BCUT2D eigenvalue weighted by Gasteiger charge is 2.03. The molecule has 0 aliphatic carbocycles. The van der Waals surface area contributed by atoms with Crippen LogP contribution in [0, 0.1) is 0 Å². The van der Waals surface area contributed by atoms with E-state index in [4.69, 9.17) is 0 Å². The summed E-state index contributed by atoms with van der Waals surface area (Å²) in [5.74, 6) is -0.0975. The largest absolute Gasteiger partial charge is 0.310 e. The molecule has 0 aromatic heterocycles. The van der Waals surface area contributed by atoms with Crippen LogP contribution in [-0.2, 0) is 9.84 Å². The van der Waals surface area contributed by atoms with Gasteiger partial charge in [0.15, 0.2) is 0 Å². The summed E-state index contributed by atoms with van der Waals surface area (Å²) >= 11 is 0. The van der Waals surface area contributed by atoms with E-state index in [0.717, 1.165) is 6.26 Å². The topological polar surface area (TPSA) is 46.2 Å². The van der Waals surface area contributed by atoms with Crippen LogP contribution in [-0.4, -0.2) is 39.9 Å². The van der Waals surface area contributed by atoms with Crippen molar-refractivity contribution in [2.75, 3.05) is 25.1 Å². The number of nitrogens with one attached hydrogen (secondary N) is 1. The third kappa shape index (κ3) is 9.77. The van der Waals surface area contributed by atoms with Gasteiger partial charge in [-0.05, 0) is 0 Å². The number of hydrogen-bond donors (Lipinski definition) is 1. The van der Waals surface area contributed by atoms with Crippen molar-refractivity contribution in [3.8, 4) is 0 Å². The summed E-state index contributed by atoms with van der Waals surface area (Å²) in [5.41, 5.74) is 0. The monoisotopic (exact) mass is 187 g/mol. The Kier molecular flexibility index (Phi) is 4.51. The minimum Gasteiger partial charge on any atom is -0.310 e. The molecule has 0 radical (unpaired) electrons. The molecule has 0 aromatic rings. The Morgan fingerprint density at radius 3 is 2.36 bits per heavy atom. The van der Waals surface area contributed by atoms with Crippen LogP contribution >= 0.6 is 0 Å². The van der Waals surface area contributed by atoms with Crippen molar-refractivity contribution in [2.45, 2.75) is 6.43 Å². The van der Waals surface area contributed by atoms with Gasteiger partial charge in [0.2, 0.25) is 0 Å². The average molecular weight is 187 g/mol. The fourth-order valence-corrected chi connectivity index (χ4v) is 0.984. The first kappa shape index (κ1) is 10.8. The molecule has 0 heterocycles. The summed E-state index contributed by atoms with van der Waals surface area (Å²) in [6.45, 7) is -0.362. The molecular formula is C5H11F2NO2S. The fraction of sp³-hybridized carbons (Fsp3) is 1.00. The van der Waals surface area contributed by atoms with E-state index in [0.29, 0.717) is 0 Å². The van der Waals surface area contributed by atoms with E-state index >= 15 is 0 Å². The Hall–Kier alpha value is -0.230. The fourth-order valence-electron chi connectivity index (χ4n) is 0.469. The summed E-state index contributed by atoms with van der Waals surface area (Å²) < 4.78 is 43.8. The Bertz CT molecular complexity index is 191. The van der Waals surface area contributed by atoms with E-state index in [1.807, 2.05) is 0 Å². The first-order valence-corrected chi connectivity index (χ1v) is 5.14. The van der Waals surface area contributed by atoms with Gasteiger partial charge in [-0.15, -0.1) is 0 Å². The summed E-state index contributed by atoms with van der Waals surface area (Å²) in [5, 5.41) is 2.31. The molecule has 11 heavy (non-hydrogen) atoms. The van der Waals surface area contributed by atoms with Crippen molar-refractivity contribution in [2.24, 2.45) is 0 Å². The lowest BCUT2D eigenvalue weighted by atomic mass is 10.6. The minimum atomic E-state index is -3.03. The van der Waals surface area contributed by atoms with Crippen LogP contribution in [0.5, 0.6) is 0 Å². The van der Waals surface area contributed by atoms with Crippen LogP contribution in [0.4, 0.5) is 8.78 Å². The lowest BCUT2D eigenvalue weighted by Crippen LogP contribution is -2.26. The third-order valence-corrected chi connectivity index (χ3v) is 1.89. The second-order valence-electron chi connectivity index (χ2n) is 2.23. The maximum absolute atomic E-state index is 11.4. The predicted molar refractivity (Wildman–Crippen MR) is 38.6 cm³/mol. The molecule has 6 heteroatoms. The average Bonchev–Trinajstić information content (AvgIpc) is 1.78. The van der Waals surface area contributed by atoms with Crippen molar-refractivity contribution in [3.63, 3.8) is 0 Å². The first-order chi connectivity index (χ1) is 4.92. The Morgan fingerprint density at radius 2 is 2.00 bits per heavy atom. The van der Waals surface area contributed by atoms with Gasteiger partial charge >= 0.3 is 0 Å². The van der Waals surface area contributed by atoms with Gasteiger partial charge in [-0.25, -0.2) is 17.2 Å². The van der Waals surface area contributed by atoms with Crippen LogP contribution in [0.1, 0.15) is 0 Å². The number of sulfone groups is 1. The maximum atomic E-state index is 11.4. The molecule has 0 spiro atoms. The molecule has 0 aliphatic heterocycles. The predicted octanol–water partition coefficient (Wildman–Crippen LogP) is -0.114. The molecule has 0 amide bonds. The summed E-state index contributed by atoms with van der Waals surface area (Å²) in [7, 11) is -3.03. The second-order valence-corrected chi connectivity index (χ2v) is 4.48. The Labute approximate surface area is 64.7 Å². The number of halogens is 2. The van der Waals surface area contributed by atoms with E-state index in [1.165, 1.54) is 0 Å². The molecule has 0 fully saturated rings. The number of hydrogen-bond acceptors (Lipinski definition) is 3. The van der Waals surface area contributed by atoms with Gasteiger partial charge in [-0.2, -0.15) is 0 Å². The van der Waals surface area contributed by atoms with Gasteiger partial charge < -0.3 is 5.32 Å². The molecular weight excluding hydrogens is 176 g/mol. The van der Waals surface area contributed by atoms with Gasteiger partial charge in [0.1, 0.15) is 9.84 Å². The molecule has 0 saturated carbocycles. The van der Waals surface area contributed by atoms with E-state index in [9.17, 15) is 17.2 Å². The zero-order chi connectivity index (χ0) is 8.91. The smallest absolute Gasteiger partial charge is 0.250 e. The summed E-state index contributed by atoms with van der Waals surface area (Å²) in [4.78, 5) is 0. The van der Waals surface area contributed by atoms with Crippen LogP contribution < -0.4 is 5.32 Å².